The van der Waals surface area contributed by atoms with E-state index in [9.17, 15) is 4.79 Å². The summed E-state index contributed by atoms with van der Waals surface area (Å²) >= 11 is 5.54. The van der Waals surface area contributed by atoms with Gasteiger partial charge in [0.15, 0.2) is 0 Å². The minimum atomic E-state index is -0.227. The molecule has 1 atom stereocenters. The molecule has 3 N–H and O–H groups in total. The molecule has 188 valence electrons. The van der Waals surface area contributed by atoms with Crippen LogP contribution in [0.1, 0.15) is 62.7 Å². The minimum Gasteiger partial charge on any atom is -0.383 e. The molecule has 2 aliphatic rings. The number of rotatable bonds is 5. The van der Waals surface area contributed by atoms with Crippen molar-refractivity contribution in [2.45, 2.75) is 64.0 Å². The van der Waals surface area contributed by atoms with Gasteiger partial charge in [0.2, 0.25) is 0 Å². The molecule has 1 aliphatic heterocycles. The van der Waals surface area contributed by atoms with E-state index in [0.29, 0.717) is 12.1 Å². The highest BCUT2D eigenvalue weighted by Gasteiger charge is 2.42. The summed E-state index contributed by atoms with van der Waals surface area (Å²) in [4.78, 5) is 19.0. The Morgan fingerprint density at radius 3 is 2.51 bits per heavy atom. The number of carbonyl (C=O) groups is 1. The molecule has 1 aliphatic carbocycles. The molecule has 1 amide bonds. The Morgan fingerprint density at radius 1 is 1.20 bits per heavy atom. The predicted octanol–water partition coefficient (Wildman–Crippen LogP) is 5.68. The number of likely N-dealkylation sites (tertiary alicyclic amines) is 1. The van der Waals surface area contributed by atoms with Gasteiger partial charge in [0.25, 0.3) is 5.91 Å². The van der Waals surface area contributed by atoms with Crippen molar-refractivity contribution in [2.75, 3.05) is 13.1 Å². The van der Waals surface area contributed by atoms with E-state index < -0.39 is 0 Å². The predicted molar refractivity (Wildman–Crippen MR) is 145 cm³/mol. The number of benzene rings is 1. The fraction of sp³-hybridized carbons (Fsp3) is 0.429. The lowest BCUT2D eigenvalue weighted by Gasteiger charge is -2.35. The van der Waals surface area contributed by atoms with Crippen LogP contribution in [0.4, 0.5) is 0 Å². The number of hydrogen-bond acceptors (Lipinski definition) is 4. The topological polar surface area (TPSA) is 75.7 Å². The van der Waals surface area contributed by atoms with Crippen molar-refractivity contribution in [1.82, 2.24) is 19.6 Å². The van der Waals surface area contributed by atoms with Crippen LogP contribution in [0.5, 0.6) is 0 Å². The van der Waals surface area contributed by atoms with Crippen LogP contribution < -0.4 is 11.1 Å². The summed E-state index contributed by atoms with van der Waals surface area (Å²) in [6.07, 6.45) is 12.0. The van der Waals surface area contributed by atoms with Crippen LogP contribution in [-0.2, 0) is 0 Å². The lowest BCUT2D eigenvalue weighted by atomic mass is 10.0. The molecule has 0 radical (unpaired) electrons. The van der Waals surface area contributed by atoms with Gasteiger partial charge in [-0.15, -0.1) is 0 Å². The Balaban J connectivity index is 0.000000259. The molecule has 2 aromatic heterocycles. The van der Waals surface area contributed by atoms with E-state index >= 15 is 0 Å². The van der Waals surface area contributed by atoms with E-state index in [1.54, 1.807) is 12.5 Å². The number of fused-ring (bicyclic) bond motifs is 1. The number of nitrogens with one attached hydrogen (secondary N) is 1. The number of imidazole rings is 1. The van der Waals surface area contributed by atoms with Crippen molar-refractivity contribution in [3.05, 3.63) is 84.0 Å². The van der Waals surface area contributed by atoms with Crippen LogP contribution in [0.15, 0.2) is 73.5 Å². The standard InChI is InChI=1S/C18H23N5O.C6H5Cl.C4H10/c1-13(18(19)6-7-18)21-14-4-2-8-22(11-14)17(24)15-5-3-9-23-12-20-10-16(15)23;7-6-4-2-1-3-5-6;1-3-4-2/h3,5,9-10,12,14,21H,1-2,4,6-8,11,19H2;1-5H;3-4H2,1-2H3. The Bertz CT molecular complexity index is 1090. The summed E-state index contributed by atoms with van der Waals surface area (Å²) < 4.78 is 1.88. The van der Waals surface area contributed by atoms with Crippen molar-refractivity contribution in [2.24, 2.45) is 5.73 Å². The number of halogens is 1. The second kappa shape index (κ2) is 12.8. The maximum atomic E-state index is 13.0. The number of piperidine rings is 1. The number of carbonyl (C=O) groups excluding carboxylic acids is 1. The third kappa shape index (κ3) is 7.58. The van der Waals surface area contributed by atoms with Gasteiger partial charge in [-0.2, -0.15) is 0 Å². The van der Waals surface area contributed by atoms with Crippen molar-refractivity contribution < 1.29 is 4.79 Å². The van der Waals surface area contributed by atoms with Gasteiger partial charge in [-0.3, -0.25) is 4.79 Å². The summed E-state index contributed by atoms with van der Waals surface area (Å²) in [6, 6.07) is 13.4. The molecule has 1 unspecified atom stereocenters. The van der Waals surface area contributed by atoms with Gasteiger partial charge < -0.3 is 20.4 Å². The highest BCUT2D eigenvalue weighted by Crippen LogP contribution is 2.37. The Labute approximate surface area is 214 Å². The van der Waals surface area contributed by atoms with Gasteiger partial charge in [0.05, 0.1) is 29.1 Å². The summed E-state index contributed by atoms with van der Waals surface area (Å²) in [6.45, 7) is 9.92. The largest absolute Gasteiger partial charge is 0.383 e. The van der Waals surface area contributed by atoms with E-state index in [2.05, 4.69) is 30.7 Å². The lowest BCUT2D eigenvalue weighted by molar-refractivity contribution is 0.0699. The number of hydrogen-bond donors (Lipinski definition) is 2. The molecule has 0 spiro atoms. The first kappa shape index (κ1) is 26.8. The van der Waals surface area contributed by atoms with E-state index in [-0.39, 0.29) is 17.5 Å². The number of nitrogens with zero attached hydrogens (tertiary/aromatic N) is 3. The molecular weight excluding hydrogens is 458 g/mol. The van der Waals surface area contributed by atoms with Crippen LogP contribution in [0.2, 0.25) is 5.02 Å². The van der Waals surface area contributed by atoms with Crippen LogP contribution in [0.25, 0.3) is 5.52 Å². The Hall–Kier alpha value is -2.83. The van der Waals surface area contributed by atoms with Gasteiger partial charge in [0.1, 0.15) is 0 Å². The highest BCUT2D eigenvalue weighted by atomic mass is 35.5. The molecule has 35 heavy (non-hydrogen) atoms. The minimum absolute atomic E-state index is 0.0621. The molecule has 7 heteroatoms. The molecule has 3 aromatic rings. The molecule has 2 fully saturated rings. The first-order valence-electron chi connectivity index (χ1n) is 12.5. The second-order valence-corrected chi connectivity index (χ2v) is 9.71. The average Bonchev–Trinajstić information content (AvgIpc) is 3.45. The van der Waals surface area contributed by atoms with Crippen molar-refractivity contribution >= 4 is 23.0 Å². The molecule has 1 saturated carbocycles. The van der Waals surface area contributed by atoms with E-state index in [1.165, 1.54) is 12.8 Å². The van der Waals surface area contributed by atoms with Crippen LogP contribution in [0, 0.1) is 0 Å². The van der Waals surface area contributed by atoms with Gasteiger partial charge in [-0.05, 0) is 49.9 Å². The number of nitrogens with two attached hydrogens (primary N) is 1. The van der Waals surface area contributed by atoms with E-state index in [0.717, 1.165) is 48.5 Å². The number of unbranched alkanes of at least 4 members (excludes halogenated alkanes) is 1. The zero-order chi connectivity index (χ0) is 25.3. The normalized spacial score (nSPS) is 17.9. The van der Waals surface area contributed by atoms with Crippen molar-refractivity contribution in [1.29, 1.82) is 0 Å². The molecule has 0 bridgehead atoms. The number of pyridine rings is 1. The summed E-state index contributed by atoms with van der Waals surface area (Å²) in [5.74, 6) is 0.0621. The molecule has 1 saturated heterocycles. The van der Waals surface area contributed by atoms with Gasteiger partial charge in [0, 0.05) is 36.0 Å². The molecule has 3 heterocycles. The van der Waals surface area contributed by atoms with Crippen molar-refractivity contribution in [3.8, 4) is 0 Å². The third-order valence-electron chi connectivity index (χ3n) is 6.39. The lowest BCUT2D eigenvalue weighted by Crippen LogP contribution is -2.49. The Morgan fingerprint density at radius 2 is 1.91 bits per heavy atom. The zero-order valence-electron chi connectivity index (χ0n) is 20.9. The molecule has 1 aromatic carbocycles. The number of aromatic nitrogens is 2. The first-order valence-corrected chi connectivity index (χ1v) is 12.9. The maximum absolute atomic E-state index is 13.0. The van der Waals surface area contributed by atoms with E-state index in [4.69, 9.17) is 17.3 Å². The van der Waals surface area contributed by atoms with Gasteiger partial charge >= 0.3 is 0 Å². The zero-order valence-corrected chi connectivity index (χ0v) is 21.7. The monoisotopic (exact) mass is 495 g/mol. The Kier molecular flexibility index (Phi) is 9.75. The maximum Gasteiger partial charge on any atom is 0.256 e. The highest BCUT2D eigenvalue weighted by molar-refractivity contribution is 6.30. The van der Waals surface area contributed by atoms with Crippen LogP contribution >= 0.6 is 11.6 Å². The van der Waals surface area contributed by atoms with Gasteiger partial charge in [-0.25, -0.2) is 4.98 Å². The molecular formula is C28H38ClN5O. The average molecular weight is 496 g/mol. The third-order valence-corrected chi connectivity index (χ3v) is 6.64. The number of amides is 1. The smallest absolute Gasteiger partial charge is 0.256 e. The summed E-state index contributed by atoms with van der Waals surface area (Å²) in [5.41, 5.74) is 8.43. The SMILES string of the molecule is C=C(NC1CCCN(C(=O)c2cccn3cncc23)C1)C1(N)CC1.CCCC.Clc1ccccc1. The van der Waals surface area contributed by atoms with E-state index in [1.807, 2.05) is 58.0 Å². The summed E-state index contributed by atoms with van der Waals surface area (Å²) in [7, 11) is 0. The van der Waals surface area contributed by atoms with Gasteiger partial charge in [-0.1, -0.05) is 63.1 Å². The fourth-order valence-electron chi connectivity index (χ4n) is 3.82. The summed E-state index contributed by atoms with van der Waals surface area (Å²) in [5, 5.41) is 4.25. The molecule has 6 nitrogen and oxygen atoms in total. The van der Waals surface area contributed by atoms with Crippen LogP contribution in [0.3, 0.4) is 0 Å². The molecule has 5 rings (SSSR count). The first-order chi connectivity index (χ1) is 16.9. The van der Waals surface area contributed by atoms with Crippen molar-refractivity contribution in [3.63, 3.8) is 0 Å². The fourth-order valence-corrected chi connectivity index (χ4v) is 3.97. The quantitative estimate of drug-likeness (QED) is 0.477. The second-order valence-electron chi connectivity index (χ2n) is 9.27. The van der Waals surface area contributed by atoms with Crippen LogP contribution in [-0.4, -0.2) is 44.9 Å².